The Morgan fingerprint density at radius 2 is 2.15 bits per heavy atom. The minimum Gasteiger partial charge on any atom is -0.384 e. The smallest absolute Gasteiger partial charge is 0.261 e. The van der Waals surface area contributed by atoms with Crippen molar-refractivity contribution in [2.24, 2.45) is 5.41 Å². The van der Waals surface area contributed by atoms with Crippen LogP contribution in [0.2, 0.25) is 0 Å². The summed E-state index contributed by atoms with van der Waals surface area (Å²) in [7, 11) is 1.70. The molecule has 2 aromatic heterocycles. The van der Waals surface area contributed by atoms with Crippen LogP contribution in [0.5, 0.6) is 0 Å². The van der Waals surface area contributed by atoms with Gasteiger partial charge in [0.15, 0.2) is 0 Å². The molecule has 0 bridgehead atoms. The predicted molar refractivity (Wildman–Crippen MR) is 105 cm³/mol. The van der Waals surface area contributed by atoms with Gasteiger partial charge >= 0.3 is 0 Å². The third-order valence-corrected chi connectivity index (χ3v) is 5.02. The van der Waals surface area contributed by atoms with Gasteiger partial charge in [-0.25, -0.2) is 9.97 Å². The number of ether oxygens (including phenoxy) is 1. The van der Waals surface area contributed by atoms with Gasteiger partial charge in [-0.05, 0) is 42.7 Å². The Balaban J connectivity index is 1.73. The monoisotopic (exact) mass is 359 g/mol. The van der Waals surface area contributed by atoms with Gasteiger partial charge in [-0.1, -0.05) is 18.9 Å². The van der Waals surface area contributed by atoms with Crippen molar-refractivity contribution in [1.29, 1.82) is 0 Å². The van der Waals surface area contributed by atoms with E-state index in [9.17, 15) is 4.79 Å². The zero-order valence-corrected chi connectivity index (χ0v) is 15.5. The number of benzene rings is 1. The molecule has 0 saturated carbocycles. The standard InChI is InChI=1S/C22H21N3O2/c1-22(15-27-2)11-10-20-24-19-13-16(6-8-17-5-3-4-12-23-17)7-9-18(19)21(26)25(20)14-22/h3-5,7,9,12-13H,10-11,14-15H2,1-2H3. The van der Waals surface area contributed by atoms with Gasteiger partial charge in [0.05, 0.1) is 17.5 Å². The highest BCUT2D eigenvalue weighted by atomic mass is 16.5. The summed E-state index contributed by atoms with van der Waals surface area (Å²) in [6.45, 7) is 3.44. The zero-order valence-electron chi connectivity index (χ0n) is 15.5. The van der Waals surface area contributed by atoms with Gasteiger partial charge in [-0.3, -0.25) is 9.36 Å². The van der Waals surface area contributed by atoms with E-state index in [-0.39, 0.29) is 11.0 Å². The molecule has 1 aromatic carbocycles. The lowest BCUT2D eigenvalue weighted by molar-refractivity contribution is 0.0610. The van der Waals surface area contributed by atoms with E-state index in [4.69, 9.17) is 9.72 Å². The molecule has 4 rings (SSSR count). The number of aryl methyl sites for hydroxylation is 1. The molecule has 1 aliphatic heterocycles. The SMILES string of the molecule is COCC1(C)CCc2nc3cc(C#Cc4ccccn4)ccc3c(=O)n2C1. The molecule has 3 heterocycles. The molecular weight excluding hydrogens is 338 g/mol. The topological polar surface area (TPSA) is 57.0 Å². The highest BCUT2D eigenvalue weighted by Gasteiger charge is 2.31. The second-order valence-electron chi connectivity index (χ2n) is 7.36. The molecular formula is C22H21N3O2. The molecule has 0 amide bonds. The van der Waals surface area contributed by atoms with Gasteiger partial charge in [-0.2, -0.15) is 0 Å². The molecule has 1 aliphatic rings. The summed E-state index contributed by atoms with van der Waals surface area (Å²) in [5, 5.41) is 0.629. The number of hydrogen-bond acceptors (Lipinski definition) is 4. The molecule has 136 valence electrons. The number of aromatic nitrogens is 3. The van der Waals surface area contributed by atoms with Crippen LogP contribution in [0, 0.1) is 17.3 Å². The van der Waals surface area contributed by atoms with E-state index in [1.807, 2.05) is 41.0 Å². The summed E-state index contributed by atoms with van der Waals surface area (Å²) in [4.78, 5) is 22.0. The predicted octanol–water partition coefficient (Wildman–Crippen LogP) is 2.79. The first-order valence-electron chi connectivity index (χ1n) is 9.03. The normalized spacial score (nSPS) is 18.6. The van der Waals surface area contributed by atoms with E-state index in [1.165, 1.54) is 0 Å². The summed E-state index contributed by atoms with van der Waals surface area (Å²) in [6.07, 6.45) is 3.45. The number of nitrogens with zero attached hydrogens (tertiary/aromatic N) is 3. The number of rotatable bonds is 2. The Labute approximate surface area is 158 Å². The number of hydrogen-bond donors (Lipinski definition) is 0. The van der Waals surface area contributed by atoms with Gasteiger partial charge in [0.2, 0.25) is 0 Å². The Morgan fingerprint density at radius 1 is 1.26 bits per heavy atom. The minimum absolute atomic E-state index is 0.0151. The lowest BCUT2D eigenvalue weighted by Crippen LogP contribution is -2.40. The van der Waals surface area contributed by atoms with Crippen molar-refractivity contribution in [2.45, 2.75) is 26.3 Å². The fourth-order valence-electron chi connectivity index (χ4n) is 3.61. The van der Waals surface area contributed by atoms with Crippen LogP contribution in [0.1, 0.15) is 30.4 Å². The van der Waals surface area contributed by atoms with Crippen LogP contribution in [-0.4, -0.2) is 28.3 Å². The molecule has 0 N–H and O–H groups in total. The second kappa shape index (κ2) is 6.98. The lowest BCUT2D eigenvalue weighted by atomic mass is 9.83. The number of methoxy groups -OCH3 is 1. The van der Waals surface area contributed by atoms with Crippen molar-refractivity contribution in [1.82, 2.24) is 14.5 Å². The van der Waals surface area contributed by atoms with E-state index in [0.717, 1.165) is 24.2 Å². The van der Waals surface area contributed by atoms with Crippen LogP contribution in [-0.2, 0) is 17.7 Å². The average Bonchev–Trinajstić information content (AvgIpc) is 2.68. The molecule has 5 nitrogen and oxygen atoms in total. The van der Waals surface area contributed by atoms with Crippen LogP contribution in [0.15, 0.2) is 47.4 Å². The maximum Gasteiger partial charge on any atom is 0.261 e. The summed E-state index contributed by atoms with van der Waals surface area (Å²) >= 11 is 0. The minimum atomic E-state index is -0.0327. The molecule has 0 spiro atoms. The largest absolute Gasteiger partial charge is 0.384 e. The van der Waals surface area contributed by atoms with E-state index in [1.54, 1.807) is 13.3 Å². The first kappa shape index (κ1) is 17.4. The third-order valence-electron chi connectivity index (χ3n) is 5.02. The maximum absolute atomic E-state index is 13.0. The van der Waals surface area contributed by atoms with Crippen molar-refractivity contribution >= 4 is 10.9 Å². The van der Waals surface area contributed by atoms with Crippen molar-refractivity contribution in [2.75, 3.05) is 13.7 Å². The summed E-state index contributed by atoms with van der Waals surface area (Å²) in [6, 6.07) is 11.2. The van der Waals surface area contributed by atoms with Gasteiger partial charge < -0.3 is 4.74 Å². The fourth-order valence-corrected chi connectivity index (χ4v) is 3.61. The zero-order chi connectivity index (χ0) is 18.9. The summed E-state index contributed by atoms with van der Waals surface area (Å²) in [5.74, 6) is 6.99. The molecule has 0 saturated heterocycles. The third kappa shape index (κ3) is 3.49. The van der Waals surface area contributed by atoms with Gasteiger partial charge in [-0.15, -0.1) is 0 Å². The molecule has 3 aromatic rings. The summed E-state index contributed by atoms with van der Waals surface area (Å²) < 4.78 is 7.16. The highest BCUT2D eigenvalue weighted by molar-refractivity contribution is 5.79. The molecule has 0 aliphatic carbocycles. The fraction of sp³-hybridized carbons (Fsp3) is 0.318. The van der Waals surface area contributed by atoms with Crippen LogP contribution in [0.4, 0.5) is 0 Å². The average molecular weight is 359 g/mol. The van der Waals surface area contributed by atoms with Crippen LogP contribution in [0.25, 0.3) is 10.9 Å². The second-order valence-corrected chi connectivity index (χ2v) is 7.36. The molecule has 1 unspecified atom stereocenters. The molecule has 1 atom stereocenters. The highest BCUT2D eigenvalue weighted by Crippen LogP contribution is 2.30. The Kier molecular flexibility index (Phi) is 4.51. The lowest BCUT2D eigenvalue weighted by Gasteiger charge is -2.34. The Bertz CT molecular complexity index is 1110. The van der Waals surface area contributed by atoms with Gasteiger partial charge in [0.25, 0.3) is 5.56 Å². The van der Waals surface area contributed by atoms with Crippen molar-refractivity contribution < 1.29 is 4.74 Å². The van der Waals surface area contributed by atoms with Crippen molar-refractivity contribution in [3.63, 3.8) is 0 Å². The Morgan fingerprint density at radius 3 is 2.93 bits per heavy atom. The van der Waals surface area contributed by atoms with E-state index >= 15 is 0 Å². The van der Waals surface area contributed by atoms with Crippen molar-refractivity contribution in [3.8, 4) is 11.8 Å². The molecule has 5 heteroatoms. The van der Waals surface area contributed by atoms with Crippen LogP contribution in [0.3, 0.4) is 0 Å². The van der Waals surface area contributed by atoms with Gasteiger partial charge in [0.1, 0.15) is 11.5 Å². The first-order chi connectivity index (χ1) is 13.1. The maximum atomic E-state index is 13.0. The van der Waals surface area contributed by atoms with Crippen LogP contribution >= 0.6 is 0 Å². The quantitative estimate of drug-likeness (QED) is 0.660. The molecule has 27 heavy (non-hydrogen) atoms. The number of fused-ring (bicyclic) bond motifs is 2. The molecule has 0 radical (unpaired) electrons. The van der Waals surface area contributed by atoms with Crippen LogP contribution < -0.4 is 5.56 Å². The van der Waals surface area contributed by atoms with Crippen molar-refractivity contribution in [3.05, 3.63) is 70.0 Å². The Hall–Kier alpha value is -2.97. The van der Waals surface area contributed by atoms with E-state index < -0.39 is 0 Å². The first-order valence-corrected chi connectivity index (χ1v) is 9.03. The molecule has 0 fully saturated rings. The summed E-state index contributed by atoms with van der Waals surface area (Å²) in [5.41, 5.74) is 2.23. The van der Waals surface area contributed by atoms with E-state index in [0.29, 0.717) is 29.7 Å². The number of pyridine rings is 1. The van der Waals surface area contributed by atoms with E-state index in [2.05, 4.69) is 23.7 Å². The van der Waals surface area contributed by atoms with Gasteiger partial charge in [0, 0.05) is 37.3 Å².